The highest BCUT2D eigenvalue weighted by Crippen LogP contribution is 2.47. The number of hydrogen-bond acceptors (Lipinski definition) is 7. The van der Waals surface area contributed by atoms with Crippen LogP contribution in [0.25, 0.3) is 11.3 Å². The number of carbonyl (C=O) groups excluding carboxylic acids is 1. The van der Waals surface area contributed by atoms with Crippen molar-refractivity contribution in [1.82, 2.24) is 15.5 Å². The maximum Gasteiger partial charge on any atom is 0.413 e. The third-order valence-corrected chi connectivity index (χ3v) is 6.72. The van der Waals surface area contributed by atoms with E-state index in [9.17, 15) is 4.79 Å². The molecule has 8 nitrogen and oxygen atoms in total. The number of aromatic nitrogens is 2. The summed E-state index contributed by atoms with van der Waals surface area (Å²) < 4.78 is 32.1. The molecule has 0 unspecified atom stereocenters. The normalized spacial score (nSPS) is 25.2. The van der Waals surface area contributed by atoms with Crippen LogP contribution in [0.15, 0.2) is 35.5 Å². The van der Waals surface area contributed by atoms with Gasteiger partial charge in [0.25, 0.3) is 0 Å². The molecule has 1 aromatic carbocycles. The first-order valence-corrected chi connectivity index (χ1v) is 11.8. The van der Waals surface area contributed by atoms with E-state index in [4.69, 9.17) is 19.2 Å². The molecule has 10 heteroatoms. The van der Waals surface area contributed by atoms with Crippen LogP contribution in [0.2, 0.25) is 0 Å². The fraction of sp³-hybridized carbons (Fsp3) is 0.522. The number of aromatic amines is 1. The number of carbonyl (C=O) groups is 1. The predicted molar refractivity (Wildman–Crippen MR) is 125 cm³/mol. The average molecular weight is 477 g/mol. The summed E-state index contributed by atoms with van der Waals surface area (Å²) in [6.07, 6.45) is 1.63. The van der Waals surface area contributed by atoms with Crippen molar-refractivity contribution in [3.63, 3.8) is 0 Å². The van der Waals surface area contributed by atoms with Crippen LogP contribution >= 0.6 is 11.8 Å². The summed E-state index contributed by atoms with van der Waals surface area (Å²) in [5, 5.41) is 10.0. The molecule has 2 aromatic rings. The minimum Gasteiger partial charge on any atom is -0.444 e. The van der Waals surface area contributed by atoms with Gasteiger partial charge in [-0.2, -0.15) is 5.10 Å². The van der Waals surface area contributed by atoms with Gasteiger partial charge in [-0.05, 0) is 51.5 Å². The molecule has 2 N–H and O–H groups in total. The second-order valence-electron chi connectivity index (χ2n) is 9.27. The lowest BCUT2D eigenvalue weighted by molar-refractivity contribution is -0.0837. The number of rotatable bonds is 4. The Morgan fingerprint density at radius 2 is 2.21 bits per heavy atom. The SMILES string of the molecule is COC[C@H]1C[C@H]2CSC(NC(=O)OC(C)(C)C)=N[C@@]2(c2cc(-c3ccn[nH]3)ccc2F)CO1. The minimum atomic E-state index is -0.986. The fourth-order valence-electron chi connectivity index (χ4n) is 4.22. The number of benzene rings is 1. The lowest BCUT2D eigenvalue weighted by Crippen LogP contribution is -2.52. The number of alkyl carbamates (subject to hydrolysis) is 1. The first kappa shape index (κ1) is 23.7. The van der Waals surface area contributed by atoms with Crippen molar-refractivity contribution in [2.75, 3.05) is 26.1 Å². The number of ether oxygens (including phenoxy) is 3. The Balaban J connectivity index is 1.73. The summed E-state index contributed by atoms with van der Waals surface area (Å²) >= 11 is 1.43. The van der Waals surface area contributed by atoms with Crippen molar-refractivity contribution in [1.29, 1.82) is 0 Å². The number of hydrogen-bond donors (Lipinski definition) is 2. The fourth-order valence-corrected chi connectivity index (χ4v) is 5.38. The Labute approximate surface area is 196 Å². The second-order valence-corrected chi connectivity index (χ2v) is 10.3. The van der Waals surface area contributed by atoms with Gasteiger partial charge in [0.1, 0.15) is 17.0 Å². The number of amidine groups is 1. The van der Waals surface area contributed by atoms with E-state index in [0.717, 1.165) is 11.3 Å². The second kappa shape index (κ2) is 9.44. The van der Waals surface area contributed by atoms with Crippen molar-refractivity contribution >= 4 is 23.0 Å². The van der Waals surface area contributed by atoms with E-state index in [1.807, 2.05) is 6.07 Å². The number of fused-ring (bicyclic) bond motifs is 1. The summed E-state index contributed by atoms with van der Waals surface area (Å²) in [7, 11) is 1.63. The summed E-state index contributed by atoms with van der Waals surface area (Å²) in [4.78, 5) is 17.3. The zero-order valence-electron chi connectivity index (χ0n) is 19.2. The number of nitrogens with zero attached hydrogens (tertiary/aromatic N) is 2. The van der Waals surface area contributed by atoms with Crippen molar-refractivity contribution in [3.8, 4) is 11.3 Å². The highest BCUT2D eigenvalue weighted by Gasteiger charge is 2.50. The number of nitrogens with one attached hydrogen (secondary N) is 2. The Morgan fingerprint density at radius 1 is 1.39 bits per heavy atom. The van der Waals surface area contributed by atoms with E-state index in [2.05, 4.69) is 15.5 Å². The Morgan fingerprint density at radius 3 is 2.91 bits per heavy atom. The van der Waals surface area contributed by atoms with Crippen molar-refractivity contribution < 1.29 is 23.4 Å². The minimum absolute atomic E-state index is 0.00731. The highest BCUT2D eigenvalue weighted by molar-refractivity contribution is 8.13. The van der Waals surface area contributed by atoms with E-state index in [1.165, 1.54) is 17.8 Å². The molecule has 3 atom stereocenters. The van der Waals surface area contributed by atoms with Crippen LogP contribution in [-0.4, -0.2) is 59.2 Å². The molecule has 0 spiro atoms. The largest absolute Gasteiger partial charge is 0.444 e. The van der Waals surface area contributed by atoms with E-state index in [1.54, 1.807) is 46.2 Å². The lowest BCUT2D eigenvalue weighted by Gasteiger charge is -2.46. The lowest BCUT2D eigenvalue weighted by atomic mass is 9.74. The van der Waals surface area contributed by atoms with Crippen molar-refractivity contribution in [2.45, 2.75) is 44.4 Å². The molecular weight excluding hydrogens is 447 g/mol. The van der Waals surface area contributed by atoms with Crippen molar-refractivity contribution in [3.05, 3.63) is 41.8 Å². The zero-order chi connectivity index (χ0) is 23.6. The molecule has 1 fully saturated rings. The first-order chi connectivity index (χ1) is 15.7. The molecule has 0 saturated carbocycles. The number of thioether (sulfide) groups is 1. The summed E-state index contributed by atoms with van der Waals surface area (Å²) in [5.74, 6) is 0.266. The van der Waals surface area contributed by atoms with Crippen LogP contribution in [0.5, 0.6) is 0 Å². The molecule has 1 aromatic heterocycles. The number of H-pyrrole nitrogens is 1. The molecule has 1 saturated heterocycles. The van der Waals surface area contributed by atoms with Gasteiger partial charge in [0, 0.05) is 36.1 Å². The summed E-state index contributed by atoms with van der Waals surface area (Å²) in [6.45, 7) is 6.01. The first-order valence-electron chi connectivity index (χ1n) is 10.8. The van der Waals surface area contributed by atoms with Gasteiger partial charge in [-0.25, -0.2) is 14.2 Å². The zero-order valence-corrected chi connectivity index (χ0v) is 20.0. The standard InChI is InChI=1S/C23H29FN4O4S/c1-22(2,3)32-21(29)26-20-27-23(13-31-16(11-30-4)10-15(23)12-33-20)17-9-14(5-6-18(17)24)19-7-8-25-28-19/h5-9,15-16H,10-13H2,1-4H3,(H,25,28)(H,26,27,29)/t15-,16+,23-/m0/s1. The van der Waals surface area contributed by atoms with Crippen molar-refractivity contribution in [2.24, 2.45) is 10.9 Å². The van der Waals surface area contributed by atoms with Gasteiger partial charge >= 0.3 is 6.09 Å². The molecular formula is C23H29FN4O4S. The van der Waals surface area contributed by atoms with E-state index in [0.29, 0.717) is 29.5 Å². The van der Waals surface area contributed by atoms with Crippen LogP contribution in [0.1, 0.15) is 32.8 Å². The Bertz CT molecular complexity index is 1020. The molecule has 1 amide bonds. The van der Waals surface area contributed by atoms with Crippen LogP contribution in [0.4, 0.5) is 9.18 Å². The van der Waals surface area contributed by atoms with Crippen LogP contribution < -0.4 is 5.32 Å². The van der Waals surface area contributed by atoms with Gasteiger partial charge in [0.15, 0.2) is 5.17 Å². The number of aliphatic imine (C=N–C) groups is 1. The van der Waals surface area contributed by atoms with E-state index >= 15 is 4.39 Å². The molecule has 2 aliphatic rings. The third kappa shape index (κ3) is 5.23. The quantitative estimate of drug-likeness (QED) is 0.690. The van der Waals surface area contributed by atoms with Crippen LogP contribution in [0.3, 0.4) is 0 Å². The molecule has 33 heavy (non-hydrogen) atoms. The number of amides is 1. The molecule has 3 heterocycles. The topological polar surface area (TPSA) is 97.8 Å². The maximum absolute atomic E-state index is 15.3. The number of halogens is 1. The Kier molecular flexibility index (Phi) is 6.78. The smallest absolute Gasteiger partial charge is 0.413 e. The maximum atomic E-state index is 15.3. The van der Waals surface area contributed by atoms with Crippen LogP contribution in [-0.2, 0) is 19.7 Å². The molecule has 4 rings (SSSR count). The molecule has 0 bridgehead atoms. The average Bonchev–Trinajstić information content (AvgIpc) is 3.28. The predicted octanol–water partition coefficient (Wildman–Crippen LogP) is 4.09. The summed E-state index contributed by atoms with van der Waals surface area (Å²) in [6, 6.07) is 6.77. The van der Waals surface area contributed by atoms with Gasteiger partial charge in [-0.1, -0.05) is 11.8 Å². The number of methoxy groups -OCH3 is 1. The molecule has 2 aliphatic heterocycles. The van der Waals surface area contributed by atoms with Gasteiger partial charge in [0.05, 0.1) is 25.0 Å². The Hall–Kier alpha value is -2.43. The van der Waals surface area contributed by atoms with Gasteiger partial charge in [0.2, 0.25) is 0 Å². The highest BCUT2D eigenvalue weighted by atomic mass is 32.2. The molecule has 178 valence electrons. The molecule has 0 aliphatic carbocycles. The van der Waals surface area contributed by atoms with E-state index < -0.39 is 17.2 Å². The third-order valence-electron chi connectivity index (χ3n) is 5.69. The van der Waals surface area contributed by atoms with Gasteiger partial charge in [-0.15, -0.1) is 0 Å². The monoisotopic (exact) mass is 476 g/mol. The van der Waals surface area contributed by atoms with E-state index in [-0.39, 0.29) is 24.4 Å². The summed E-state index contributed by atoms with van der Waals surface area (Å²) in [5.41, 5.74) is 0.375. The van der Waals surface area contributed by atoms with Gasteiger partial charge < -0.3 is 14.2 Å². The van der Waals surface area contributed by atoms with Gasteiger partial charge in [-0.3, -0.25) is 10.4 Å². The molecule has 0 radical (unpaired) electrons. The van der Waals surface area contributed by atoms with Crippen LogP contribution in [0, 0.1) is 11.7 Å².